The summed E-state index contributed by atoms with van der Waals surface area (Å²) in [4.78, 5) is 8.44. The smallest absolute Gasteiger partial charge is 1.00 e. The van der Waals surface area contributed by atoms with Gasteiger partial charge in [0.05, 0.1) is 0 Å². The van der Waals surface area contributed by atoms with E-state index in [1.807, 2.05) is 0 Å². The number of halogens is 1. The topological polar surface area (TPSA) is 95.4 Å². The van der Waals surface area contributed by atoms with Crippen molar-refractivity contribution >= 4 is 6.16 Å². The van der Waals surface area contributed by atoms with Crippen LogP contribution >= 0.6 is 0 Å². The Hall–Kier alpha value is 1.52. The third-order valence-corrected chi connectivity index (χ3v) is 0. The molecule has 0 rings (SSSR count). The zero-order chi connectivity index (χ0) is 3.58. The molecule has 0 fully saturated rings. The average Bonchev–Trinajstić information content (AvgIpc) is 0.811. The molecule has 0 aliphatic rings. The molecule has 0 bridgehead atoms. The molecule has 0 saturated carbocycles. The molecular formula is CH4ClNNa2O3. The molecule has 0 amide bonds. The molecule has 0 aliphatic carbocycles. The second-order valence-electron chi connectivity index (χ2n) is 0.266. The van der Waals surface area contributed by atoms with E-state index in [0.29, 0.717) is 0 Å². The van der Waals surface area contributed by atoms with Gasteiger partial charge in [0.25, 0.3) is 0 Å². The van der Waals surface area contributed by atoms with Crippen molar-refractivity contribution in [3.8, 4) is 0 Å². The normalized spacial score (nSPS) is 3.00. The Morgan fingerprint density at radius 2 is 1.38 bits per heavy atom. The summed E-state index contributed by atoms with van der Waals surface area (Å²) in [6.45, 7) is 0. The number of hydrogen-bond acceptors (Lipinski definition) is 3. The van der Waals surface area contributed by atoms with E-state index >= 15 is 0 Å². The Balaban J connectivity index is -0.00000000750. The van der Waals surface area contributed by atoms with Gasteiger partial charge in [0.2, 0.25) is 6.16 Å². The zero-order valence-corrected chi connectivity index (χ0v) is 9.60. The van der Waals surface area contributed by atoms with Crippen LogP contribution in [0.1, 0.15) is 0 Å². The molecule has 0 aromatic rings. The minimum Gasteiger partial charge on any atom is -1.00 e. The van der Waals surface area contributed by atoms with Crippen LogP contribution in [0.4, 0.5) is 4.79 Å². The van der Waals surface area contributed by atoms with Crippen molar-refractivity contribution in [2.45, 2.75) is 0 Å². The quantitative estimate of drug-likeness (QED) is 0.343. The molecule has 0 unspecified atom stereocenters. The van der Waals surface area contributed by atoms with Gasteiger partial charge in [0.1, 0.15) is 0 Å². The summed E-state index contributed by atoms with van der Waals surface area (Å²) in [5.74, 6) is 0. The van der Waals surface area contributed by atoms with E-state index in [-0.39, 0.29) is 77.7 Å². The number of carboxylic acid groups (broad SMARTS) is 2. The molecule has 40 valence electrons. The monoisotopic (exact) mass is 159 g/mol. The third-order valence-electron chi connectivity index (χ3n) is 0. The van der Waals surface area contributed by atoms with Crippen molar-refractivity contribution in [3.63, 3.8) is 0 Å². The maximum atomic E-state index is 8.44. The fourth-order valence-electron chi connectivity index (χ4n) is 0. The molecule has 0 aliphatic heterocycles. The SMILES string of the molecule is N.O=C([O-])O.[Cl-].[Na+].[Na+]. The van der Waals surface area contributed by atoms with E-state index in [1.165, 1.54) is 0 Å². The van der Waals surface area contributed by atoms with Gasteiger partial charge in [-0.15, -0.1) is 0 Å². The van der Waals surface area contributed by atoms with Crippen molar-refractivity contribution in [2.75, 3.05) is 0 Å². The predicted molar refractivity (Wildman–Crippen MR) is 13.0 cm³/mol. The summed E-state index contributed by atoms with van der Waals surface area (Å²) in [7, 11) is 0. The Bertz CT molecular complexity index is 40.3. The van der Waals surface area contributed by atoms with Gasteiger partial charge in [-0.1, -0.05) is 0 Å². The molecule has 0 saturated heterocycles. The first-order valence-corrected chi connectivity index (χ1v) is 0.632. The third kappa shape index (κ3) is 138. The van der Waals surface area contributed by atoms with Crippen LogP contribution in [0, 0.1) is 0 Å². The van der Waals surface area contributed by atoms with E-state index in [0.717, 1.165) is 0 Å². The number of hydrogen-bond donors (Lipinski definition) is 2. The van der Waals surface area contributed by atoms with Crippen molar-refractivity contribution < 1.29 is 86.5 Å². The summed E-state index contributed by atoms with van der Waals surface area (Å²) in [5, 5.41) is 15.3. The largest absolute Gasteiger partial charge is 1.00 e. The van der Waals surface area contributed by atoms with Gasteiger partial charge in [-0.05, 0) is 0 Å². The molecule has 7 heteroatoms. The predicted octanol–water partition coefficient (Wildman–Crippen LogP) is -9.94. The molecule has 0 aromatic heterocycles. The molecule has 0 heterocycles. The van der Waals surface area contributed by atoms with Gasteiger partial charge in [-0.25, -0.2) is 0 Å². The van der Waals surface area contributed by atoms with E-state index in [1.54, 1.807) is 0 Å². The van der Waals surface area contributed by atoms with Crippen molar-refractivity contribution in [3.05, 3.63) is 0 Å². The van der Waals surface area contributed by atoms with Gasteiger partial charge >= 0.3 is 59.1 Å². The Morgan fingerprint density at radius 1 is 1.38 bits per heavy atom. The summed E-state index contributed by atoms with van der Waals surface area (Å²) >= 11 is 0. The fraction of sp³-hybridized carbons (Fsp3) is 0. The summed E-state index contributed by atoms with van der Waals surface area (Å²) in [6, 6.07) is 0. The molecule has 4 nitrogen and oxygen atoms in total. The maximum absolute atomic E-state index is 8.44. The van der Waals surface area contributed by atoms with Gasteiger partial charge in [0.15, 0.2) is 0 Å². The van der Waals surface area contributed by atoms with Crippen LogP contribution in [0.3, 0.4) is 0 Å². The second kappa shape index (κ2) is 23.6. The van der Waals surface area contributed by atoms with Crippen LogP contribution in [-0.2, 0) is 0 Å². The number of rotatable bonds is 0. The van der Waals surface area contributed by atoms with Gasteiger partial charge in [-0.2, -0.15) is 0 Å². The second-order valence-corrected chi connectivity index (χ2v) is 0.266. The Kier molecular flexibility index (Phi) is 99.7. The first-order chi connectivity index (χ1) is 1.73. The van der Waals surface area contributed by atoms with E-state index in [4.69, 9.17) is 15.0 Å². The molecule has 0 atom stereocenters. The van der Waals surface area contributed by atoms with Crippen LogP contribution in [0.25, 0.3) is 0 Å². The standard InChI is InChI=1S/CH2O3.ClH.H3N.2Na/c2-1(3)4;;;;/h(H2,2,3,4);1H;1H3;;/q;;;2*+1/p-2. The number of carbonyl (C=O) groups is 1. The van der Waals surface area contributed by atoms with Gasteiger partial charge in [-0.3, -0.25) is 0 Å². The van der Waals surface area contributed by atoms with Crippen LogP contribution in [-0.4, -0.2) is 11.3 Å². The van der Waals surface area contributed by atoms with E-state index in [2.05, 4.69) is 0 Å². The summed E-state index contributed by atoms with van der Waals surface area (Å²) in [5.41, 5.74) is 0. The summed E-state index contributed by atoms with van der Waals surface area (Å²) < 4.78 is 0. The van der Waals surface area contributed by atoms with Gasteiger partial charge in [0, 0.05) is 0 Å². The van der Waals surface area contributed by atoms with E-state index < -0.39 is 6.16 Å². The maximum Gasteiger partial charge on any atom is 1.00 e. The molecular weight excluding hydrogens is 155 g/mol. The minimum absolute atomic E-state index is 0. The molecule has 0 spiro atoms. The minimum atomic E-state index is -2.08. The van der Waals surface area contributed by atoms with E-state index in [9.17, 15) is 0 Å². The Morgan fingerprint density at radius 3 is 1.38 bits per heavy atom. The van der Waals surface area contributed by atoms with Crippen LogP contribution < -0.4 is 82.8 Å². The molecule has 0 aromatic carbocycles. The van der Waals surface area contributed by atoms with Gasteiger partial charge < -0.3 is 33.6 Å². The van der Waals surface area contributed by atoms with Crippen molar-refractivity contribution in [1.82, 2.24) is 6.15 Å². The molecule has 8 heavy (non-hydrogen) atoms. The first kappa shape index (κ1) is 33.8. The molecule has 4 N–H and O–H groups in total. The van der Waals surface area contributed by atoms with Crippen molar-refractivity contribution in [1.29, 1.82) is 0 Å². The summed E-state index contributed by atoms with van der Waals surface area (Å²) in [6.07, 6.45) is -2.08. The van der Waals surface area contributed by atoms with Crippen LogP contribution in [0.15, 0.2) is 0 Å². The Labute approximate surface area is 97.6 Å². The zero-order valence-electron chi connectivity index (χ0n) is 4.85. The molecule has 0 radical (unpaired) electrons. The van der Waals surface area contributed by atoms with Crippen LogP contribution in [0.5, 0.6) is 0 Å². The average molecular weight is 159 g/mol. The first-order valence-electron chi connectivity index (χ1n) is 0.632. The van der Waals surface area contributed by atoms with Crippen molar-refractivity contribution in [2.24, 2.45) is 0 Å². The van der Waals surface area contributed by atoms with Crippen LogP contribution in [0.2, 0.25) is 0 Å². The fourth-order valence-corrected chi connectivity index (χ4v) is 0.